The van der Waals surface area contributed by atoms with Crippen molar-refractivity contribution in [1.82, 2.24) is 25.7 Å². The Morgan fingerprint density at radius 3 is 3.08 bits per heavy atom. The molecular weight excluding hydrogens is 334 g/mol. The molecule has 0 radical (unpaired) electrons. The van der Waals surface area contributed by atoms with Crippen LogP contribution in [0.2, 0.25) is 0 Å². The van der Waals surface area contributed by atoms with E-state index in [1.807, 2.05) is 25.1 Å². The highest BCUT2D eigenvalue weighted by Crippen LogP contribution is 2.16. The van der Waals surface area contributed by atoms with Gasteiger partial charge in [-0.3, -0.25) is 14.6 Å². The third-order valence-electron chi connectivity index (χ3n) is 4.33. The van der Waals surface area contributed by atoms with Crippen LogP contribution in [0.3, 0.4) is 0 Å². The number of piperazine rings is 1. The molecule has 2 N–H and O–H groups in total. The van der Waals surface area contributed by atoms with Crippen molar-refractivity contribution in [3.8, 4) is 0 Å². The summed E-state index contributed by atoms with van der Waals surface area (Å²) in [4.78, 5) is 31.4. The van der Waals surface area contributed by atoms with Gasteiger partial charge in [-0.25, -0.2) is 0 Å². The summed E-state index contributed by atoms with van der Waals surface area (Å²) in [5.41, 5.74) is 1.21. The summed E-state index contributed by atoms with van der Waals surface area (Å²) in [6.07, 6.45) is 4.62. The van der Waals surface area contributed by atoms with Crippen molar-refractivity contribution in [2.45, 2.75) is 32.4 Å². The molecule has 8 heteroatoms. The van der Waals surface area contributed by atoms with Crippen molar-refractivity contribution in [1.29, 1.82) is 0 Å². The quantitative estimate of drug-likeness (QED) is 0.791. The van der Waals surface area contributed by atoms with E-state index in [1.165, 1.54) is 6.20 Å². The minimum Gasteiger partial charge on any atom is -0.361 e. The van der Waals surface area contributed by atoms with Crippen molar-refractivity contribution in [2.24, 2.45) is 0 Å². The van der Waals surface area contributed by atoms with E-state index in [4.69, 9.17) is 4.52 Å². The third-order valence-corrected chi connectivity index (χ3v) is 4.33. The van der Waals surface area contributed by atoms with Gasteiger partial charge in [-0.1, -0.05) is 18.1 Å². The average molecular weight is 357 g/mol. The van der Waals surface area contributed by atoms with Gasteiger partial charge in [0.2, 0.25) is 5.91 Å². The summed E-state index contributed by atoms with van der Waals surface area (Å²) in [6.45, 7) is 3.84. The molecule has 0 aromatic carbocycles. The molecule has 1 saturated heterocycles. The largest absolute Gasteiger partial charge is 0.361 e. The monoisotopic (exact) mass is 357 g/mol. The van der Waals surface area contributed by atoms with Gasteiger partial charge in [-0.15, -0.1) is 0 Å². The number of aryl methyl sites for hydroxylation is 1. The van der Waals surface area contributed by atoms with E-state index >= 15 is 0 Å². The van der Waals surface area contributed by atoms with Gasteiger partial charge in [0.25, 0.3) is 5.91 Å². The average Bonchev–Trinajstić information content (AvgIpc) is 3.15. The molecule has 0 bridgehead atoms. The maximum Gasteiger partial charge on any atom is 0.259 e. The fraction of sp³-hybridized carbons (Fsp3) is 0.444. The van der Waals surface area contributed by atoms with Gasteiger partial charge < -0.3 is 20.1 Å². The van der Waals surface area contributed by atoms with Gasteiger partial charge in [0, 0.05) is 32.3 Å². The summed E-state index contributed by atoms with van der Waals surface area (Å²) >= 11 is 0. The first-order chi connectivity index (χ1) is 12.7. The second-order valence-electron chi connectivity index (χ2n) is 6.17. The normalized spacial score (nSPS) is 17.1. The van der Waals surface area contributed by atoms with E-state index in [9.17, 15) is 9.59 Å². The van der Waals surface area contributed by atoms with Crippen molar-refractivity contribution in [3.63, 3.8) is 0 Å². The number of nitrogens with one attached hydrogen (secondary N) is 2. The van der Waals surface area contributed by atoms with Gasteiger partial charge in [0.15, 0.2) is 0 Å². The van der Waals surface area contributed by atoms with Crippen LogP contribution in [-0.2, 0) is 17.8 Å². The number of pyridine rings is 1. The second-order valence-corrected chi connectivity index (χ2v) is 6.17. The number of hydrogen-bond acceptors (Lipinski definition) is 6. The Morgan fingerprint density at radius 1 is 1.42 bits per heavy atom. The topological polar surface area (TPSA) is 100 Å². The van der Waals surface area contributed by atoms with Crippen LogP contribution in [0.15, 0.2) is 35.1 Å². The van der Waals surface area contributed by atoms with Gasteiger partial charge in [-0.05, 0) is 18.6 Å². The first-order valence-corrected chi connectivity index (χ1v) is 8.83. The van der Waals surface area contributed by atoms with Gasteiger partial charge in [0.1, 0.15) is 17.4 Å². The third kappa shape index (κ3) is 4.08. The van der Waals surface area contributed by atoms with Crippen molar-refractivity contribution < 1.29 is 14.1 Å². The number of carbonyl (C=O) groups is 2. The first-order valence-electron chi connectivity index (χ1n) is 8.83. The van der Waals surface area contributed by atoms with Crippen molar-refractivity contribution in [3.05, 3.63) is 47.6 Å². The zero-order valence-electron chi connectivity index (χ0n) is 14.8. The highest BCUT2D eigenvalue weighted by Gasteiger charge is 2.34. The highest BCUT2D eigenvalue weighted by atomic mass is 16.5. The molecule has 2 aromatic rings. The van der Waals surface area contributed by atoms with Crippen LogP contribution >= 0.6 is 0 Å². The lowest BCUT2D eigenvalue weighted by atomic mass is 10.1. The molecular formula is C18H23N5O3. The van der Waals surface area contributed by atoms with Crippen LogP contribution < -0.4 is 10.6 Å². The number of carbonyl (C=O) groups excluding carboxylic acids is 2. The number of hydrogen-bond donors (Lipinski definition) is 2. The molecule has 8 nitrogen and oxygen atoms in total. The number of amides is 2. The molecule has 26 heavy (non-hydrogen) atoms. The Kier molecular flexibility index (Phi) is 5.96. The van der Waals surface area contributed by atoms with Crippen LogP contribution in [0.4, 0.5) is 0 Å². The Balaban J connectivity index is 1.69. The fourth-order valence-electron chi connectivity index (χ4n) is 2.98. The van der Waals surface area contributed by atoms with E-state index in [0.29, 0.717) is 43.9 Å². The first kappa shape index (κ1) is 18.1. The molecule has 0 unspecified atom stereocenters. The number of aromatic nitrogens is 2. The smallest absolute Gasteiger partial charge is 0.259 e. The van der Waals surface area contributed by atoms with Gasteiger partial charge in [-0.2, -0.15) is 0 Å². The lowest BCUT2D eigenvalue weighted by molar-refractivity contribution is -0.126. The Morgan fingerprint density at radius 2 is 2.31 bits per heavy atom. The zero-order valence-corrected chi connectivity index (χ0v) is 14.8. The molecule has 1 atom stereocenters. The standard InChI is InChI=1S/C18H23N5O3/c1-2-5-16-14(11-22-26-16)18(25)23-9-8-19-12-15(23)17(24)21-10-13-6-3-4-7-20-13/h3-4,6-7,11,15,19H,2,5,8-10,12H2,1H3,(H,21,24)/t15-/m0/s1. The summed E-state index contributed by atoms with van der Waals surface area (Å²) in [6, 6.07) is 4.96. The summed E-state index contributed by atoms with van der Waals surface area (Å²) in [5.74, 6) is 0.155. The number of nitrogens with zero attached hydrogens (tertiary/aromatic N) is 3. The Labute approximate surface area is 151 Å². The molecule has 1 aliphatic rings. The van der Waals surface area contributed by atoms with E-state index in [1.54, 1.807) is 11.1 Å². The van der Waals surface area contributed by atoms with Crippen LogP contribution in [0, 0.1) is 0 Å². The van der Waals surface area contributed by atoms with Crippen LogP contribution in [-0.4, -0.2) is 52.5 Å². The summed E-state index contributed by atoms with van der Waals surface area (Å²) < 4.78 is 5.20. The van der Waals surface area contributed by atoms with Crippen LogP contribution in [0.5, 0.6) is 0 Å². The maximum absolute atomic E-state index is 13.0. The molecule has 1 aliphatic heterocycles. The van der Waals surface area contributed by atoms with E-state index in [2.05, 4.69) is 20.8 Å². The van der Waals surface area contributed by atoms with Crippen LogP contribution in [0.1, 0.15) is 35.2 Å². The molecule has 3 heterocycles. The predicted octanol–water partition coefficient (Wildman–Crippen LogP) is 0.753. The minimum absolute atomic E-state index is 0.204. The predicted molar refractivity (Wildman–Crippen MR) is 94.3 cm³/mol. The molecule has 0 aliphatic carbocycles. The van der Waals surface area contributed by atoms with Crippen molar-refractivity contribution in [2.75, 3.05) is 19.6 Å². The second kappa shape index (κ2) is 8.57. The molecule has 138 valence electrons. The Hall–Kier alpha value is -2.74. The number of rotatable bonds is 6. The van der Waals surface area contributed by atoms with Gasteiger partial charge >= 0.3 is 0 Å². The van der Waals surface area contributed by atoms with E-state index < -0.39 is 6.04 Å². The molecule has 1 fully saturated rings. The summed E-state index contributed by atoms with van der Waals surface area (Å²) in [5, 5.41) is 9.79. The van der Waals surface area contributed by atoms with Crippen molar-refractivity contribution >= 4 is 11.8 Å². The SMILES string of the molecule is CCCc1oncc1C(=O)N1CCNC[C@H]1C(=O)NCc1ccccn1. The zero-order chi connectivity index (χ0) is 18.4. The molecule has 2 aromatic heterocycles. The molecule has 0 saturated carbocycles. The van der Waals surface area contributed by atoms with Gasteiger partial charge in [0.05, 0.1) is 18.4 Å². The summed E-state index contributed by atoms with van der Waals surface area (Å²) in [7, 11) is 0. The highest BCUT2D eigenvalue weighted by molar-refractivity contribution is 5.98. The Bertz CT molecular complexity index is 746. The lowest BCUT2D eigenvalue weighted by Gasteiger charge is -2.35. The molecule has 0 spiro atoms. The maximum atomic E-state index is 13.0. The fourth-order valence-corrected chi connectivity index (χ4v) is 2.98. The van der Waals surface area contributed by atoms with E-state index in [0.717, 1.165) is 12.1 Å². The minimum atomic E-state index is -0.579. The van der Waals surface area contributed by atoms with Crippen LogP contribution in [0.25, 0.3) is 0 Å². The van der Waals surface area contributed by atoms with E-state index in [-0.39, 0.29) is 11.8 Å². The molecule has 3 rings (SSSR count). The lowest BCUT2D eigenvalue weighted by Crippen LogP contribution is -2.59. The molecule has 2 amide bonds.